The lowest BCUT2D eigenvalue weighted by molar-refractivity contribution is 0.0992. The van der Waals surface area contributed by atoms with Crippen molar-refractivity contribution in [1.29, 1.82) is 0 Å². The zero-order valence-electron chi connectivity index (χ0n) is 19.5. The first-order valence-electron chi connectivity index (χ1n) is 10.7. The van der Waals surface area contributed by atoms with Crippen molar-refractivity contribution in [2.45, 2.75) is 16.4 Å². The molecule has 0 fully saturated rings. The van der Waals surface area contributed by atoms with Crippen LogP contribution in [0, 0.1) is 29.1 Å². The van der Waals surface area contributed by atoms with E-state index in [9.17, 15) is 35.2 Å². The summed E-state index contributed by atoms with van der Waals surface area (Å²) in [4.78, 5) is 12.4. The topological polar surface area (TPSA) is 94.8 Å². The van der Waals surface area contributed by atoms with Gasteiger partial charge < -0.3 is 19.2 Å². The fourth-order valence-electron chi connectivity index (χ4n) is 3.29. The van der Waals surface area contributed by atoms with Crippen LogP contribution in [0.5, 0.6) is 11.5 Å². The highest BCUT2D eigenvalue weighted by atomic mass is 35.5. The number of anilines is 1. The SMILES string of the molecule is COc1cc(NC(=O)c2ccc(COc3c(F)c(F)c(F)c(F)c3F)o2)cc(S(=O)(=O)c2ccc(Cl)cc2)c1. The van der Waals surface area contributed by atoms with Gasteiger partial charge in [0.15, 0.2) is 11.5 Å². The Morgan fingerprint density at radius 3 is 2.10 bits per heavy atom. The van der Waals surface area contributed by atoms with Crippen molar-refractivity contribution in [3.8, 4) is 11.5 Å². The first-order chi connectivity index (χ1) is 18.4. The molecule has 7 nitrogen and oxygen atoms in total. The van der Waals surface area contributed by atoms with Crippen molar-refractivity contribution in [2.24, 2.45) is 0 Å². The van der Waals surface area contributed by atoms with E-state index in [0.29, 0.717) is 5.02 Å². The van der Waals surface area contributed by atoms with Gasteiger partial charge in [-0.3, -0.25) is 4.79 Å². The van der Waals surface area contributed by atoms with E-state index in [1.807, 2.05) is 0 Å². The van der Waals surface area contributed by atoms with Gasteiger partial charge in [-0.25, -0.2) is 21.6 Å². The number of furan rings is 1. The number of nitrogens with one attached hydrogen (secondary N) is 1. The van der Waals surface area contributed by atoms with Gasteiger partial charge in [0.25, 0.3) is 5.91 Å². The summed E-state index contributed by atoms with van der Waals surface area (Å²) < 4.78 is 109. The van der Waals surface area contributed by atoms with Gasteiger partial charge in [-0.05, 0) is 48.5 Å². The molecule has 204 valence electrons. The van der Waals surface area contributed by atoms with Crippen LogP contribution in [0.3, 0.4) is 0 Å². The Morgan fingerprint density at radius 2 is 1.49 bits per heavy atom. The third-order valence-corrected chi connectivity index (χ3v) is 7.22. The van der Waals surface area contributed by atoms with E-state index in [4.69, 9.17) is 25.5 Å². The summed E-state index contributed by atoms with van der Waals surface area (Å²) >= 11 is 5.82. The highest BCUT2D eigenvalue weighted by Gasteiger charge is 2.27. The van der Waals surface area contributed by atoms with Crippen LogP contribution in [0.4, 0.5) is 27.6 Å². The second kappa shape index (κ2) is 10.9. The molecular formula is C25H15ClF5NO6S. The summed E-state index contributed by atoms with van der Waals surface area (Å²) in [7, 11) is -2.73. The Hall–Kier alpha value is -4.10. The minimum absolute atomic E-state index is 0.0162. The Kier molecular flexibility index (Phi) is 7.84. The molecule has 1 aromatic heterocycles. The van der Waals surface area contributed by atoms with Crippen LogP contribution in [0.15, 0.2) is 68.8 Å². The average Bonchev–Trinajstić information content (AvgIpc) is 3.40. The number of carbonyl (C=O) groups excluding carboxylic acids is 1. The fraction of sp³-hybridized carbons (Fsp3) is 0.0800. The number of methoxy groups -OCH3 is 1. The van der Waals surface area contributed by atoms with Gasteiger partial charge in [0.2, 0.25) is 38.9 Å². The van der Waals surface area contributed by atoms with E-state index in [1.165, 1.54) is 55.6 Å². The molecule has 14 heteroatoms. The molecule has 0 unspecified atom stereocenters. The van der Waals surface area contributed by atoms with Gasteiger partial charge in [0, 0.05) is 16.8 Å². The number of ether oxygens (including phenoxy) is 2. The predicted molar refractivity (Wildman–Crippen MR) is 127 cm³/mol. The molecule has 0 saturated carbocycles. The van der Waals surface area contributed by atoms with E-state index in [2.05, 4.69) is 5.32 Å². The summed E-state index contributed by atoms with van der Waals surface area (Å²) in [5, 5.41) is 2.77. The Balaban J connectivity index is 1.53. The van der Waals surface area contributed by atoms with Crippen molar-refractivity contribution in [3.05, 3.63) is 100 Å². The maximum atomic E-state index is 13.8. The second-order valence-corrected chi connectivity index (χ2v) is 10.1. The highest BCUT2D eigenvalue weighted by molar-refractivity contribution is 7.91. The molecule has 0 aliphatic heterocycles. The van der Waals surface area contributed by atoms with E-state index in [-0.39, 0.29) is 32.7 Å². The summed E-state index contributed by atoms with van der Waals surface area (Å²) in [5.74, 6) is -13.8. The van der Waals surface area contributed by atoms with Crippen LogP contribution < -0.4 is 14.8 Å². The monoisotopic (exact) mass is 587 g/mol. The third-order valence-electron chi connectivity index (χ3n) is 5.22. The molecule has 3 aromatic carbocycles. The number of carbonyl (C=O) groups is 1. The quantitative estimate of drug-likeness (QED) is 0.148. The number of hydrogen-bond acceptors (Lipinski definition) is 6. The molecule has 0 saturated heterocycles. The van der Waals surface area contributed by atoms with Gasteiger partial charge in [-0.2, -0.15) is 8.78 Å². The number of rotatable bonds is 8. The molecule has 0 bridgehead atoms. The standard InChI is InChI=1S/C25H15ClF5NO6S/c1-36-15-8-13(9-17(10-15)39(34,35)16-5-2-12(26)3-6-16)32-25(33)18-7-4-14(38-18)11-37-24-22(30)20(28)19(27)21(29)23(24)31/h2-10H,11H2,1H3,(H,32,33). The maximum absolute atomic E-state index is 13.8. The summed E-state index contributed by atoms with van der Waals surface area (Å²) in [6, 6.07) is 11.5. The molecule has 0 radical (unpaired) electrons. The maximum Gasteiger partial charge on any atom is 0.291 e. The molecule has 0 atom stereocenters. The normalized spacial score (nSPS) is 11.4. The van der Waals surface area contributed by atoms with Crippen LogP contribution >= 0.6 is 11.6 Å². The van der Waals surface area contributed by atoms with Gasteiger partial charge in [0.05, 0.1) is 16.9 Å². The zero-order chi connectivity index (χ0) is 28.5. The Bertz CT molecular complexity index is 1650. The van der Waals surface area contributed by atoms with Crippen molar-refractivity contribution in [1.82, 2.24) is 0 Å². The van der Waals surface area contributed by atoms with Crippen molar-refractivity contribution in [3.63, 3.8) is 0 Å². The van der Waals surface area contributed by atoms with Crippen molar-refractivity contribution in [2.75, 3.05) is 12.4 Å². The van der Waals surface area contributed by atoms with Crippen LogP contribution in [0.25, 0.3) is 0 Å². The molecule has 39 heavy (non-hydrogen) atoms. The summed E-state index contributed by atoms with van der Waals surface area (Å²) in [6.45, 7) is -0.783. The molecule has 1 heterocycles. The fourth-order valence-corrected chi connectivity index (χ4v) is 4.74. The van der Waals surface area contributed by atoms with E-state index in [1.54, 1.807) is 0 Å². The molecular weight excluding hydrogens is 573 g/mol. The number of benzene rings is 3. The van der Waals surface area contributed by atoms with Gasteiger partial charge in [-0.1, -0.05) is 11.6 Å². The molecule has 1 amide bonds. The Morgan fingerprint density at radius 1 is 0.872 bits per heavy atom. The summed E-state index contributed by atoms with van der Waals surface area (Å²) in [5.41, 5.74) is 0.0162. The molecule has 4 rings (SSSR count). The van der Waals surface area contributed by atoms with Gasteiger partial charge >= 0.3 is 0 Å². The summed E-state index contributed by atoms with van der Waals surface area (Å²) in [6.07, 6.45) is 0. The van der Waals surface area contributed by atoms with Gasteiger partial charge in [-0.15, -0.1) is 0 Å². The number of hydrogen-bond donors (Lipinski definition) is 1. The van der Waals surface area contributed by atoms with E-state index < -0.39 is 57.2 Å². The molecule has 4 aromatic rings. The van der Waals surface area contributed by atoms with Crippen LogP contribution in [-0.2, 0) is 16.4 Å². The zero-order valence-corrected chi connectivity index (χ0v) is 21.1. The lowest BCUT2D eigenvalue weighted by Gasteiger charge is -2.11. The highest BCUT2D eigenvalue weighted by Crippen LogP contribution is 2.31. The number of halogens is 6. The smallest absolute Gasteiger partial charge is 0.291 e. The largest absolute Gasteiger partial charge is 0.497 e. The lowest BCUT2D eigenvalue weighted by atomic mass is 10.2. The Labute approximate surface area is 222 Å². The molecule has 0 aliphatic rings. The van der Waals surface area contributed by atoms with E-state index >= 15 is 0 Å². The average molecular weight is 588 g/mol. The molecule has 0 spiro atoms. The van der Waals surface area contributed by atoms with Crippen molar-refractivity contribution >= 4 is 33.0 Å². The van der Waals surface area contributed by atoms with Gasteiger partial charge in [0.1, 0.15) is 18.1 Å². The van der Waals surface area contributed by atoms with Crippen LogP contribution in [0.2, 0.25) is 5.02 Å². The number of amides is 1. The van der Waals surface area contributed by atoms with E-state index in [0.717, 1.165) is 6.07 Å². The third kappa shape index (κ3) is 5.68. The lowest BCUT2D eigenvalue weighted by Crippen LogP contribution is -2.12. The first kappa shape index (κ1) is 27.9. The van der Waals surface area contributed by atoms with Crippen LogP contribution in [0.1, 0.15) is 16.3 Å². The molecule has 0 aliphatic carbocycles. The van der Waals surface area contributed by atoms with Crippen LogP contribution in [-0.4, -0.2) is 21.4 Å². The minimum Gasteiger partial charge on any atom is -0.497 e. The predicted octanol–water partition coefficient (Wildman–Crippen LogP) is 6.30. The second-order valence-electron chi connectivity index (χ2n) is 7.76. The molecule has 1 N–H and O–H groups in total. The van der Waals surface area contributed by atoms with Crippen molar-refractivity contribution < 1.29 is 49.1 Å². The minimum atomic E-state index is -4.02. The number of sulfone groups is 1. The first-order valence-corrected chi connectivity index (χ1v) is 12.5.